The third-order valence-electron chi connectivity index (χ3n) is 4.04. The Morgan fingerprint density at radius 3 is 2.78 bits per heavy atom. The van der Waals surface area contributed by atoms with E-state index in [1.807, 2.05) is 24.4 Å². The molecule has 0 spiro atoms. The second-order valence-corrected chi connectivity index (χ2v) is 5.66. The van der Waals surface area contributed by atoms with E-state index in [-0.39, 0.29) is 0 Å². The Balaban J connectivity index is 1.50. The molecule has 1 aromatic carbocycles. The molecule has 0 amide bonds. The lowest BCUT2D eigenvalue weighted by Crippen LogP contribution is -2.44. The number of rotatable bonds is 4. The first-order chi connectivity index (χ1) is 11.3. The fourth-order valence-corrected chi connectivity index (χ4v) is 2.82. The molecule has 2 N–H and O–H groups in total. The summed E-state index contributed by atoms with van der Waals surface area (Å²) in [7, 11) is 1.80. The Morgan fingerprint density at radius 1 is 1.22 bits per heavy atom. The Labute approximate surface area is 137 Å². The molecular formula is C18H23N5. The van der Waals surface area contributed by atoms with E-state index in [0.29, 0.717) is 12.6 Å². The lowest BCUT2D eigenvalue weighted by molar-refractivity contribution is 0.647. The van der Waals surface area contributed by atoms with Gasteiger partial charge in [0, 0.05) is 38.1 Å². The van der Waals surface area contributed by atoms with Crippen LogP contribution in [0.3, 0.4) is 0 Å². The molecule has 2 heterocycles. The molecule has 1 aromatic heterocycles. The smallest absolute Gasteiger partial charge is 0.191 e. The quantitative estimate of drug-likeness (QED) is 0.670. The molecule has 0 bridgehead atoms. The van der Waals surface area contributed by atoms with Crippen molar-refractivity contribution in [2.75, 3.05) is 25.0 Å². The van der Waals surface area contributed by atoms with E-state index in [1.54, 1.807) is 7.05 Å². The van der Waals surface area contributed by atoms with Gasteiger partial charge in [0.1, 0.15) is 0 Å². The average Bonchev–Trinajstić information content (AvgIpc) is 3.09. The molecule has 1 unspecified atom stereocenters. The summed E-state index contributed by atoms with van der Waals surface area (Å²) in [5, 5.41) is 6.83. The van der Waals surface area contributed by atoms with Gasteiger partial charge < -0.3 is 15.5 Å². The number of hydrogen-bond donors (Lipinski definition) is 2. The van der Waals surface area contributed by atoms with E-state index in [2.05, 4.69) is 55.8 Å². The predicted octanol–water partition coefficient (Wildman–Crippen LogP) is 2.03. The zero-order valence-electron chi connectivity index (χ0n) is 13.4. The fourth-order valence-electron chi connectivity index (χ4n) is 2.82. The highest BCUT2D eigenvalue weighted by atomic mass is 15.2. The maximum absolute atomic E-state index is 4.32. The molecule has 1 aliphatic heterocycles. The average molecular weight is 309 g/mol. The van der Waals surface area contributed by atoms with Gasteiger partial charge in [0.05, 0.1) is 12.2 Å². The maximum atomic E-state index is 4.32. The van der Waals surface area contributed by atoms with Gasteiger partial charge in [-0.3, -0.25) is 9.98 Å². The molecule has 120 valence electrons. The summed E-state index contributed by atoms with van der Waals surface area (Å²) < 4.78 is 0. The van der Waals surface area contributed by atoms with Gasteiger partial charge in [-0.2, -0.15) is 0 Å². The number of nitrogens with one attached hydrogen (secondary N) is 2. The highest BCUT2D eigenvalue weighted by molar-refractivity contribution is 5.80. The summed E-state index contributed by atoms with van der Waals surface area (Å²) in [6, 6.07) is 16.9. The van der Waals surface area contributed by atoms with Crippen LogP contribution in [0.15, 0.2) is 59.7 Å². The predicted molar refractivity (Wildman–Crippen MR) is 94.6 cm³/mol. The minimum Gasteiger partial charge on any atom is -0.369 e. The van der Waals surface area contributed by atoms with Crippen LogP contribution in [0.25, 0.3) is 0 Å². The molecule has 1 aliphatic rings. The van der Waals surface area contributed by atoms with Crippen LogP contribution in [0.1, 0.15) is 12.1 Å². The first-order valence-corrected chi connectivity index (χ1v) is 8.02. The molecule has 3 rings (SSSR count). The normalized spacial score (nSPS) is 18.0. The zero-order valence-corrected chi connectivity index (χ0v) is 13.4. The number of para-hydroxylation sites is 1. The van der Waals surface area contributed by atoms with E-state index in [9.17, 15) is 0 Å². The summed E-state index contributed by atoms with van der Waals surface area (Å²) in [6.45, 7) is 2.74. The Morgan fingerprint density at radius 2 is 2.04 bits per heavy atom. The van der Waals surface area contributed by atoms with Crippen LogP contribution in [0.4, 0.5) is 5.69 Å². The number of benzene rings is 1. The molecule has 0 aliphatic carbocycles. The Hall–Kier alpha value is -2.56. The van der Waals surface area contributed by atoms with Crippen molar-refractivity contribution in [1.29, 1.82) is 0 Å². The maximum Gasteiger partial charge on any atom is 0.191 e. The van der Waals surface area contributed by atoms with Gasteiger partial charge in [-0.15, -0.1) is 0 Å². The summed E-state index contributed by atoms with van der Waals surface area (Å²) in [5.74, 6) is 0.829. The molecule has 0 radical (unpaired) electrons. The third kappa shape index (κ3) is 4.22. The second kappa shape index (κ2) is 7.63. The number of aliphatic imine (C=N–C) groups is 1. The SMILES string of the molecule is CN=C(NCc1ccccn1)NC1CCN(c2ccccc2)C1. The lowest BCUT2D eigenvalue weighted by atomic mass is 10.2. The number of hydrogen-bond acceptors (Lipinski definition) is 3. The zero-order chi connectivity index (χ0) is 15.9. The molecule has 23 heavy (non-hydrogen) atoms. The molecule has 1 fully saturated rings. The van der Waals surface area contributed by atoms with Gasteiger partial charge in [0.15, 0.2) is 5.96 Å². The van der Waals surface area contributed by atoms with Crippen LogP contribution in [0.2, 0.25) is 0 Å². The van der Waals surface area contributed by atoms with Crippen molar-refractivity contribution in [3.8, 4) is 0 Å². The van der Waals surface area contributed by atoms with Crippen molar-refractivity contribution in [1.82, 2.24) is 15.6 Å². The minimum absolute atomic E-state index is 0.408. The number of nitrogens with zero attached hydrogens (tertiary/aromatic N) is 3. The summed E-state index contributed by atoms with van der Waals surface area (Å²) in [4.78, 5) is 11.0. The van der Waals surface area contributed by atoms with Crippen LogP contribution in [0, 0.1) is 0 Å². The summed E-state index contributed by atoms with van der Waals surface area (Å²) >= 11 is 0. The standard InChI is InChI=1S/C18H23N5/c1-19-18(21-13-15-7-5-6-11-20-15)22-16-10-12-23(14-16)17-8-3-2-4-9-17/h2-9,11,16H,10,12-14H2,1H3,(H2,19,21,22). The van der Waals surface area contributed by atoms with E-state index in [4.69, 9.17) is 0 Å². The molecule has 5 heteroatoms. The van der Waals surface area contributed by atoms with Crippen molar-refractivity contribution in [3.05, 3.63) is 60.4 Å². The van der Waals surface area contributed by atoms with Crippen LogP contribution < -0.4 is 15.5 Å². The summed E-state index contributed by atoms with van der Waals surface area (Å²) in [5.41, 5.74) is 2.29. The van der Waals surface area contributed by atoms with E-state index < -0.39 is 0 Å². The minimum atomic E-state index is 0.408. The first kappa shape index (κ1) is 15.3. The van der Waals surface area contributed by atoms with E-state index in [0.717, 1.165) is 31.2 Å². The molecule has 0 saturated carbocycles. The Kier molecular flexibility index (Phi) is 5.09. The van der Waals surface area contributed by atoms with Gasteiger partial charge in [-0.25, -0.2) is 0 Å². The lowest BCUT2D eigenvalue weighted by Gasteiger charge is -2.20. The number of pyridine rings is 1. The van der Waals surface area contributed by atoms with Crippen LogP contribution in [-0.2, 0) is 6.54 Å². The van der Waals surface area contributed by atoms with Crippen molar-refractivity contribution in [2.24, 2.45) is 4.99 Å². The molecular weight excluding hydrogens is 286 g/mol. The van der Waals surface area contributed by atoms with E-state index in [1.165, 1.54) is 5.69 Å². The van der Waals surface area contributed by atoms with Crippen molar-refractivity contribution in [2.45, 2.75) is 19.0 Å². The topological polar surface area (TPSA) is 52.6 Å². The molecule has 2 aromatic rings. The van der Waals surface area contributed by atoms with Crippen molar-refractivity contribution >= 4 is 11.6 Å². The van der Waals surface area contributed by atoms with Gasteiger partial charge in [0.2, 0.25) is 0 Å². The van der Waals surface area contributed by atoms with Gasteiger partial charge >= 0.3 is 0 Å². The molecule has 5 nitrogen and oxygen atoms in total. The van der Waals surface area contributed by atoms with E-state index >= 15 is 0 Å². The number of guanidine groups is 1. The largest absolute Gasteiger partial charge is 0.369 e. The molecule has 1 saturated heterocycles. The monoisotopic (exact) mass is 309 g/mol. The summed E-state index contributed by atoms with van der Waals surface area (Å²) in [6.07, 6.45) is 2.92. The number of aromatic nitrogens is 1. The third-order valence-corrected chi connectivity index (χ3v) is 4.04. The van der Waals surface area contributed by atoms with Crippen LogP contribution in [-0.4, -0.2) is 37.1 Å². The fraction of sp³-hybridized carbons (Fsp3) is 0.333. The highest BCUT2D eigenvalue weighted by Gasteiger charge is 2.23. The van der Waals surface area contributed by atoms with Gasteiger partial charge in [-0.1, -0.05) is 24.3 Å². The van der Waals surface area contributed by atoms with Gasteiger partial charge in [0.25, 0.3) is 0 Å². The Bertz CT molecular complexity index is 626. The van der Waals surface area contributed by atoms with Crippen LogP contribution >= 0.6 is 0 Å². The van der Waals surface area contributed by atoms with Crippen molar-refractivity contribution < 1.29 is 0 Å². The van der Waals surface area contributed by atoms with Gasteiger partial charge in [-0.05, 0) is 30.7 Å². The second-order valence-electron chi connectivity index (χ2n) is 5.66. The number of anilines is 1. The highest BCUT2D eigenvalue weighted by Crippen LogP contribution is 2.19. The molecule has 1 atom stereocenters. The first-order valence-electron chi connectivity index (χ1n) is 8.02. The van der Waals surface area contributed by atoms with Crippen LogP contribution in [0.5, 0.6) is 0 Å². The van der Waals surface area contributed by atoms with Crippen molar-refractivity contribution in [3.63, 3.8) is 0 Å².